The third-order valence-corrected chi connectivity index (χ3v) is 7.23. The molecule has 0 saturated heterocycles. The molecular weight excluding hydrogens is 483 g/mol. The average molecular weight is 505 g/mol. The van der Waals surface area contributed by atoms with Crippen molar-refractivity contribution in [3.63, 3.8) is 0 Å². The quantitative estimate of drug-likeness (QED) is 0.311. The molecule has 10 heteroatoms. The number of aromatic nitrogens is 8. The second-order valence-corrected chi connectivity index (χ2v) is 9.58. The number of rotatable bonds is 5. The van der Waals surface area contributed by atoms with Crippen molar-refractivity contribution in [2.45, 2.75) is 44.6 Å². The second-order valence-electron chi connectivity index (χ2n) is 8.86. The first-order chi connectivity index (χ1) is 17.2. The summed E-state index contributed by atoms with van der Waals surface area (Å²) in [6, 6.07) is 16.6. The van der Waals surface area contributed by atoms with Crippen molar-refractivity contribution in [1.29, 1.82) is 0 Å². The van der Waals surface area contributed by atoms with Crippen molar-refractivity contribution >= 4 is 34.2 Å². The zero-order chi connectivity index (χ0) is 23.8. The van der Waals surface area contributed by atoms with Crippen LogP contribution < -0.4 is 0 Å². The first-order valence-electron chi connectivity index (χ1n) is 11.7. The highest BCUT2D eigenvalue weighted by Crippen LogP contribution is 2.37. The van der Waals surface area contributed by atoms with Gasteiger partial charge >= 0.3 is 0 Å². The molecule has 1 aliphatic rings. The zero-order valence-electron chi connectivity index (χ0n) is 18.8. The molecule has 0 radical (unpaired) electrons. The molecular formula is C25H22Cl2N8. The van der Waals surface area contributed by atoms with Crippen molar-refractivity contribution in [2.75, 3.05) is 0 Å². The minimum Gasteiger partial charge on any atom is -0.321 e. The maximum atomic E-state index is 6.51. The van der Waals surface area contributed by atoms with Crippen LogP contribution in [0.2, 0.25) is 10.3 Å². The Balaban J connectivity index is 1.38. The summed E-state index contributed by atoms with van der Waals surface area (Å²) < 4.78 is 2.18. The van der Waals surface area contributed by atoms with Crippen LogP contribution in [-0.4, -0.2) is 40.4 Å². The monoisotopic (exact) mass is 504 g/mol. The Labute approximate surface area is 211 Å². The number of hydrogen-bond donors (Lipinski definition) is 1. The predicted octanol–water partition coefficient (Wildman–Crippen LogP) is 6.08. The molecule has 0 bridgehead atoms. The summed E-state index contributed by atoms with van der Waals surface area (Å²) in [4.78, 5) is 4.92. The predicted molar refractivity (Wildman–Crippen MR) is 135 cm³/mol. The van der Waals surface area contributed by atoms with E-state index in [1.807, 2.05) is 18.2 Å². The smallest absolute Gasteiger partial charge is 0.180 e. The number of nitrogens with one attached hydrogen (secondary N) is 1. The Kier molecular flexibility index (Phi) is 5.91. The third-order valence-electron chi connectivity index (χ3n) is 6.72. The summed E-state index contributed by atoms with van der Waals surface area (Å²) in [6.07, 6.45) is 5.92. The van der Waals surface area contributed by atoms with Gasteiger partial charge in [-0.25, -0.2) is 10.1 Å². The van der Waals surface area contributed by atoms with Gasteiger partial charge in [0.1, 0.15) is 16.9 Å². The highest BCUT2D eigenvalue weighted by molar-refractivity contribution is 6.37. The molecule has 0 spiro atoms. The van der Waals surface area contributed by atoms with E-state index in [2.05, 4.69) is 65.7 Å². The molecule has 0 atom stereocenters. The first-order valence-corrected chi connectivity index (χ1v) is 12.4. The van der Waals surface area contributed by atoms with Gasteiger partial charge in [0, 0.05) is 18.0 Å². The van der Waals surface area contributed by atoms with E-state index in [0.29, 0.717) is 29.0 Å². The molecule has 3 aromatic heterocycles. The van der Waals surface area contributed by atoms with E-state index in [0.717, 1.165) is 46.4 Å². The van der Waals surface area contributed by atoms with Crippen LogP contribution in [0.1, 0.15) is 49.4 Å². The van der Waals surface area contributed by atoms with Crippen LogP contribution in [0.15, 0.2) is 48.5 Å². The molecule has 0 aliphatic heterocycles. The van der Waals surface area contributed by atoms with Crippen LogP contribution in [0.5, 0.6) is 0 Å². The Morgan fingerprint density at radius 1 is 0.857 bits per heavy atom. The fraction of sp³-hybridized carbons (Fsp3) is 0.280. The molecule has 5 aromatic rings. The number of fused-ring (bicyclic) bond motifs is 1. The number of nitrogens with zero attached hydrogens (tertiary/aromatic N) is 7. The van der Waals surface area contributed by atoms with Crippen molar-refractivity contribution in [2.24, 2.45) is 0 Å². The Morgan fingerprint density at radius 2 is 1.60 bits per heavy atom. The molecule has 0 amide bonds. The SMILES string of the molecule is Clc1nnc(Cl)c2c1nc(C1CCCCC1)n2Cc1ccc(-c2ccccc2-c2nnn[nH]2)cc1. The summed E-state index contributed by atoms with van der Waals surface area (Å²) in [5, 5.41) is 23.0. The van der Waals surface area contributed by atoms with Crippen LogP contribution in [0.3, 0.4) is 0 Å². The second kappa shape index (κ2) is 9.36. The molecule has 35 heavy (non-hydrogen) atoms. The average Bonchev–Trinajstić information content (AvgIpc) is 3.57. The summed E-state index contributed by atoms with van der Waals surface area (Å²) >= 11 is 12.9. The number of aromatic amines is 1. The van der Waals surface area contributed by atoms with Gasteiger partial charge in [-0.2, -0.15) is 0 Å². The van der Waals surface area contributed by atoms with Gasteiger partial charge in [-0.3, -0.25) is 0 Å². The Morgan fingerprint density at radius 3 is 2.34 bits per heavy atom. The normalized spacial score (nSPS) is 14.6. The van der Waals surface area contributed by atoms with Gasteiger partial charge in [-0.1, -0.05) is 91.0 Å². The van der Waals surface area contributed by atoms with Crippen LogP contribution >= 0.6 is 23.2 Å². The van der Waals surface area contributed by atoms with Gasteiger partial charge < -0.3 is 4.57 Å². The summed E-state index contributed by atoms with van der Waals surface area (Å²) in [6.45, 7) is 0.623. The summed E-state index contributed by atoms with van der Waals surface area (Å²) in [5.41, 5.74) is 5.59. The topological polar surface area (TPSA) is 98.1 Å². The third kappa shape index (κ3) is 4.17. The molecule has 3 heterocycles. The van der Waals surface area contributed by atoms with Gasteiger partial charge in [-0.15, -0.1) is 15.3 Å². The molecule has 1 saturated carbocycles. The summed E-state index contributed by atoms with van der Waals surface area (Å²) in [5.74, 6) is 2.04. The fourth-order valence-electron chi connectivity index (χ4n) is 5.03. The van der Waals surface area contributed by atoms with Crippen molar-refractivity contribution in [3.05, 3.63) is 70.2 Å². The van der Waals surface area contributed by atoms with E-state index in [-0.39, 0.29) is 5.15 Å². The Bertz CT molecular complexity index is 1470. The lowest BCUT2D eigenvalue weighted by Gasteiger charge is -2.22. The minimum atomic E-state index is 0.286. The lowest BCUT2D eigenvalue weighted by molar-refractivity contribution is 0.420. The van der Waals surface area contributed by atoms with Gasteiger partial charge in [0.05, 0.1) is 0 Å². The van der Waals surface area contributed by atoms with Crippen molar-refractivity contribution in [1.82, 2.24) is 40.4 Å². The van der Waals surface area contributed by atoms with Gasteiger partial charge in [0.25, 0.3) is 0 Å². The number of benzene rings is 2. The van der Waals surface area contributed by atoms with Crippen LogP contribution in [0.4, 0.5) is 0 Å². The number of hydrogen-bond acceptors (Lipinski definition) is 6. The van der Waals surface area contributed by atoms with Crippen molar-refractivity contribution in [3.8, 4) is 22.5 Å². The summed E-state index contributed by atoms with van der Waals surface area (Å²) in [7, 11) is 0. The van der Waals surface area contributed by atoms with E-state index < -0.39 is 0 Å². The molecule has 8 nitrogen and oxygen atoms in total. The maximum Gasteiger partial charge on any atom is 0.180 e. The van der Waals surface area contributed by atoms with Crippen LogP contribution in [0.25, 0.3) is 33.5 Å². The van der Waals surface area contributed by atoms with Gasteiger partial charge in [0.15, 0.2) is 16.1 Å². The first kappa shape index (κ1) is 22.1. The highest BCUT2D eigenvalue weighted by atomic mass is 35.5. The molecule has 176 valence electrons. The largest absolute Gasteiger partial charge is 0.321 e. The molecule has 0 unspecified atom stereocenters. The van der Waals surface area contributed by atoms with E-state index in [4.69, 9.17) is 28.2 Å². The lowest BCUT2D eigenvalue weighted by Crippen LogP contribution is -2.13. The molecule has 1 N–H and O–H groups in total. The van der Waals surface area contributed by atoms with Crippen LogP contribution in [0, 0.1) is 0 Å². The Hall–Kier alpha value is -3.36. The number of halogens is 2. The molecule has 6 rings (SSSR count). The zero-order valence-corrected chi connectivity index (χ0v) is 20.3. The standard InChI is InChI=1S/C25H22Cl2N8/c26-22-20-21(23(27)30-29-22)35(25(28-20)17-6-2-1-3-7-17)14-15-10-12-16(13-11-15)18-8-4-5-9-19(18)24-31-33-34-32-24/h4-5,8-13,17H,1-3,6-7,14H2,(H,31,32,33,34). The highest BCUT2D eigenvalue weighted by Gasteiger charge is 2.25. The van der Waals surface area contributed by atoms with E-state index in [1.54, 1.807) is 0 Å². The van der Waals surface area contributed by atoms with E-state index in [9.17, 15) is 0 Å². The number of imidazole rings is 1. The fourth-order valence-corrected chi connectivity index (χ4v) is 5.42. The molecule has 1 fully saturated rings. The van der Waals surface area contributed by atoms with E-state index >= 15 is 0 Å². The van der Waals surface area contributed by atoms with Gasteiger partial charge in [-0.05, 0) is 40.0 Å². The van der Waals surface area contributed by atoms with Gasteiger partial charge in [0.2, 0.25) is 0 Å². The molecule has 1 aliphatic carbocycles. The number of tetrazole rings is 1. The minimum absolute atomic E-state index is 0.286. The number of H-pyrrole nitrogens is 1. The lowest BCUT2D eigenvalue weighted by atomic mass is 9.88. The maximum absolute atomic E-state index is 6.51. The van der Waals surface area contributed by atoms with Crippen LogP contribution in [-0.2, 0) is 6.54 Å². The van der Waals surface area contributed by atoms with E-state index in [1.165, 1.54) is 19.3 Å². The van der Waals surface area contributed by atoms with Crippen molar-refractivity contribution < 1.29 is 0 Å². The molecule has 2 aromatic carbocycles.